The Morgan fingerprint density at radius 2 is 2.00 bits per heavy atom. The van der Waals surface area contributed by atoms with E-state index in [2.05, 4.69) is 45.0 Å². The van der Waals surface area contributed by atoms with Gasteiger partial charge in [0, 0.05) is 0 Å². The minimum Gasteiger partial charge on any atom is -0.309 e. The molecule has 0 spiro atoms. The van der Waals surface area contributed by atoms with E-state index < -0.39 is 0 Å². The van der Waals surface area contributed by atoms with E-state index in [0.29, 0.717) is 0 Å². The van der Waals surface area contributed by atoms with Crippen LogP contribution in [0, 0.1) is 5.92 Å². The molecule has 0 aromatic rings. The molecule has 0 saturated heterocycles. The third-order valence-electron chi connectivity index (χ3n) is 3.03. The summed E-state index contributed by atoms with van der Waals surface area (Å²) >= 11 is 0. The predicted molar refractivity (Wildman–Crippen MR) is 63.4 cm³/mol. The molecule has 1 aliphatic rings. The lowest BCUT2D eigenvalue weighted by molar-refractivity contribution is 0.372. The van der Waals surface area contributed by atoms with Crippen LogP contribution >= 0.6 is 0 Å². The molecule has 1 rings (SSSR count). The molecular weight excluding hydrogens is 170 g/mol. The zero-order valence-electron chi connectivity index (χ0n) is 10.0. The van der Waals surface area contributed by atoms with Gasteiger partial charge in [-0.15, -0.1) is 0 Å². The van der Waals surface area contributed by atoms with Gasteiger partial charge in [-0.3, -0.25) is 0 Å². The van der Waals surface area contributed by atoms with Crippen molar-refractivity contribution >= 4 is 0 Å². The monoisotopic (exact) mass is 193 g/mol. The molecule has 0 N–H and O–H groups in total. The first-order valence-electron chi connectivity index (χ1n) is 5.60. The highest BCUT2D eigenvalue weighted by molar-refractivity contribution is 5.24. The van der Waals surface area contributed by atoms with E-state index >= 15 is 0 Å². The normalized spacial score (nSPS) is 19.2. The summed E-state index contributed by atoms with van der Waals surface area (Å²) in [7, 11) is 4.29. The molecule has 14 heavy (non-hydrogen) atoms. The van der Waals surface area contributed by atoms with Gasteiger partial charge < -0.3 is 4.90 Å². The van der Waals surface area contributed by atoms with Gasteiger partial charge in [0.2, 0.25) is 0 Å². The van der Waals surface area contributed by atoms with Crippen LogP contribution in [0.1, 0.15) is 33.1 Å². The minimum atomic E-state index is 0.752. The maximum absolute atomic E-state index is 2.35. The van der Waals surface area contributed by atoms with Crippen LogP contribution < -0.4 is 0 Å². The van der Waals surface area contributed by atoms with Crippen molar-refractivity contribution in [2.24, 2.45) is 5.92 Å². The Hall–Kier alpha value is -0.560. The summed E-state index contributed by atoms with van der Waals surface area (Å²) in [4.78, 5) is 2.26. The van der Waals surface area contributed by atoms with Crippen LogP contribution in [0.2, 0.25) is 0 Å². The zero-order chi connectivity index (χ0) is 10.6. The fraction of sp³-hybridized carbons (Fsp3) is 0.692. The molecule has 0 aliphatic heterocycles. The standard InChI is InChI=1S/C13H23N/c1-11-5-7-13(8-6-11)12(2)9-10-14(3)4/h5,7,12H,6,8-10H2,1-4H3. The first kappa shape index (κ1) is 11.5. The molecule has 0 aromatic heterocycles. The first-order valence-corrected chi connectivity index (χ1v) is 5.60. The van der Waals surface area contributed by atoms with Crippen LogP contribution in [0.25, 0.3) is 0 Å². The molecule has 1 heteroatoms. The SMILES string of the molecule is CC1=CC=C(C(C)CCN(C)C)CC1. The van der Waals surface area contributed by atoms with E-state index in [1.54, 1.807) is 5.57 Å². The molecular formula is C13H23N. The summed E-state index contributed by atoms with van der Waals surface area (Å²) < 4.78 is 0. The Kier molecular flexibility index (Phi) is 4.40. The van der Waals surface area contributed by atoms with Gasteiger partial charge in [-0.25, -0.2) is 0 Å². The average molecular weight is 193 g/mol. The van der Waals surface area contributed by atoms with Gasteiger partial charge >= 0.3 is 0 Å². The first-order chi connectivity index (χ1) is 6.59. The third kappa shape index (κ3) is 3.67. The lowest BCUT2D eigenvalue weighted by Gasteiger charge is -2.20. The van der Waals surface area contributed by atoms with E-state index in [4.69, 9.17) is 0 Å². The van der Waals surface area contributed by atoms with Crippen molar-refractivity contribution in [3.8, 4) is 0 Å². The van der Waals surface area contributed by atoms with Crippen LogP contribution in [-0.4, -0.2) is 25.5 Å². The Balaban J connectivity index is 2.41. The van der Waals surface area contributed by atoms with E-state index in [1.165, 1.54) is 31.4 Å². The average Bonchev–Trinajstić information content (AvgIpc) is 2.15. The summed E-state index contributed by atoms with van der Waals surface area (Å²) in [5, 5.41) is 0. The molecule has 0 saturated carbocycles. The zero-order valence-corrected chi connectivity index (χ0v) is 10.0. The quantitative estimate of drug-likeness (QED) is 0.662. The van der Waals surface area contributed by atoms with Crippen LogP contribution in [0.3, 0.4) is 0 Å². The highest BCUT2D eigenvalue weighted by Gasteiger charge is 2.11. The van der Waals surface area contributed by atoms with Gasteiger partial charge in [0.15, 0.2) is 0 Å². The number of allylic oxidation sites excluding steroid dienone is 4. The topological polar surface area (TPSA) is 3.24 Å². The highest BCUT2D eigenvalue weighted by atomic mass is 15.0. The second-order valence-corrected chi connectivity index (χ2v) is 4.75. The van der Waals surface area contributed by atoms with Crippen molar-refractivity contribution in [1.29, 1.82) is 0 Å². The number of rotatable bonds is 4. The van der Waals surface area contributed by atoms with Gasteiger partial charge in [-0.05, 0) is 52.7 Å². The van der Waals surface area contributed by atoms with Crippen LogP contribution in [-0.2, 0) is 0 Å². The molecule has 80 valence electrons. The van der Waals surface area contributed by atoms with Crippen molar-refractivity contribution in [2.45, 2.75) is 33.1 Å². The van der Waals surface area contributed by atoms with Crippen LogP contribution in [0.15, 0.2) is 23.3 Å². The van der Waals surface area contributed by atoms with Crippen LogP contribution in [0.4, 0.5) is 0 Å². The van der Waals surface area contributed by atoms with Gasteiger partial charge in [0.25, 0.3) is 0 Å². The molecule has 0 fully saturated rings. The lowest BCUT2D eigenvalue weighted by atomic mass is 9.89. The second-order valence-electron chi connectivity index (χ2n) is 4.75. The maximum Gasteiger partial charge on any atom is -0.00192 e. The second kappa shape index (κ2) is 5.35. The van der Waals surface area contributed by atoms with Gasteiger partial charge in [0.1, 0.15) is 0 Å². The van der Waals surface area contributed by atoms with Crippen molar-refractivity contribution in [1.82, 2.24) is 4.90 Å². The third-order valence-corrected chi connectivity index (χ3v) is 3.03. The molecule has 0 radical (unpaired) electrons. The summed E-state index contributed by atoms with van der Waals surface area (Å²) in [5.74, 6) is 0.752. The largest absolute Gasteiger partial charge is 0.309 e. The fourth-order valence-electron chi connectivity index (χ4n) is 1.81. The van der Waals surface area contributed by atoms with Crippen molar-refractivity contribution in [3.63, 3.8) is 0 Å². The molecule has 0 bridgehead atoms. The molecule has 1 nitrogen and oxygen atoms in total. The summed E-state index contributed by atoms with van der Waals surface area (Å²) in [6, 6.07) is 0. The molecule has 1 aliphatic carbocycles. The summed E-state index contributed by atoms with van der Waals surface area (Å²) in [6.07, 6.45) is 8.44. The maximum atomic E-state index is 2.35. The molecule has 0 aromatic carbocycles. The molecule has 0 amide bonds. The van der Waals surface area contributed by atoms with E-state index in [-0.39, 0.29) is 0 Å². The predicted octanol–water partition coefficient (Wildman–Crippen LogP) is 3.24. The van der Waals surface area contributed by atoms with Crippen molar-refractivity contribution in [3.05, 3.63) is 23.3 Å². The summed E-state index contributed by atoms with van der Waals surface area (Å²) in [6.45, 7) is 5.77. The van der Waals surface area contributed by atoms with E-state index in [9.17, 15) is 0 Å². The molecule has 0 heterocycles. The number of hydrogen-bond donors (Lipinski definition) is 0. The molecule has 1 atom stereocenters. The number of nitrogens with zero attached hydrogens (tertiary/aromatic N) is 1. The van der Waals surface area contributed by atoms with Crippen LogP contribution in [0.5, 0.6) is 0 Å². The van der Waals surface area contributed by atoms with Gasteiger partial charge in [-0.2, -0.15) is 0 Å². The Labute approximate surface area is 88.5 Å². The van der Waals surface area contributed by atoms with Gasteiger partial charge in [-0.1, -0.05) is 30.2 Å². The summed E-state index contributed by atoms with van der Waals surface area (Å²) in [5.41, 5.74) is 3.16. The smallest absolute Gasteiger partial charge is 0.00192 e. The minimum absolute atomic E-state index is 0.752. The van der Waals surface area contributed by atoms with Crippen molar-refractivity contribution in [2.75, 3.05) is 20.6 Å². The van der Waals surface area contributed by atoms with E-state index in [0.717, 1.165) is 5.92 Å². The van der Waals surface area contributed by atoms with E-state index in [1.807, 2.05) is 0 Å². The number of hydrogen-bond acceptors (Lipinski definition) is 1. The lowest BCUT2D eigenvalue weighted by Crippen LogP contribution is -2.16. The Bertz CT molecular complexity index is 236. The van der Waals surface area contributed by atoms with Gasteiger partial charge in [0.05, 0.1) is 0 Å². The molecule has 1 unspecified atom stereocenters. The fourth-order valence-corrected chi connectivity index (χ4v) is 1.81. The Morgan fingerprint density at radius 3 is 2.50 bits per heavy atom. The Morgan fingerprint density at radius 1 is 1.29 bits per heavy atom. The highest BCUT2D eigenvalue weighted by Crippen LogP contribution is 2.25. The van der Waals surface area contributed by atoms with Crippen molar-refractivity contribution < 1.29 is 0 Å².